The maximum Gasteiger partial charge on any atom is 0.416 e. The maximum absolute atomic E-state index is 13.4. The first kappa shape index (κ1) is 46.4. The lowest BCUT2D eigenvalue weighted by atomic mass is 9.92. The lowest BCUT2D eigenvalue weighted by molar-refractivity contribution is -0.138. The van der Waals surface area contributed by atoms with E-state index in [1.54, 1.807) is 32.2 Å². The second kappa shape index (κ2) is 20.6. The topological polar surface area (TPSA) is 84.1 Å². The molecular weight excluding hydrogens is 717 g/mol. The number of halogens is 9. The Morgan fingerprint density at radius 1 is 0.943 bits per heavy atom. The third-order valence-electron chi connectivity index (χ3n) is 7.42. The molecule has 2 heterocycles. The number of fused-ring (bicyclic) bond motifs is 1. The van der Waals surface area contributed by atoms with Crippen molar-refractivity contribution in [3.8, 4) is 0 Å². The Kier molecular flexibility index (Phi) is 18.0. The van der Waals surface area contributed by atoms with Gasteiger partial charge in [0.2, 0.25) is 0 Å². The first-order valence-electron chi connectivity index (χ1n) is 16.6. The summed E-state index contributed by atoms with van der Waals surface area (Å²) in [6.45, 7) is 13.0. The molecule has 53 heavy (non-hydrogen) atoms. The summed E-state index contributed by atoms with van der Waals surface area (Å²) in [7, 11) is 1.74. The number of carbonyl (C=O) groups is 1. The van der Waals surface area contributed by atoms with Crippen LogP contribution < -0.4 is 4.90 Å². The molecule has 0 saturated carbocycles. The third-order valence-corrected chi connectivity index (χ3v) is 7.42. The van der Waals surface area contributed by atoms with Crippen LogP contribution in [0.2, 0.25) is 0 Å². The molecule has 2 aromatic carbocycles. The molecular formula is C37H46F9N5O2. The monoisotopic (exact) mass is 763 g/mol. The molecule has 0 fully saturated rings. The number of carboxylic acid groups (broad SMARTS) is 1. The number of rotatable bonds is 5. The highest BCUT2D eigenvalue weighted by molar-refractivity contribution is 5.87. The summed E-state index contributed by atoms with van der Waals surface area (Å²) in [5.41, 5.74) is -0.366. The van der Waals surface area contributed by atoms with Gasteiger partial charge in [-0.1, -0.05) is 63.6 Å². The van der Waals surface area contributed by atoms with Gasteiger partial charge in [-0.2, -0.15) is 44.3 Å². The summed E-state index contributed by atoms with van der Waals surface area (Å²) in [5.74, 6) is -0.0938. The lowest BCUT2D eigenvalue weighted by Crippen LogP contribution is -2.24. The molecule has 294 valence electrons. The zero-order valence-corrected chi connectivity index (χ0v) is 30.9. The Labute approximate surface area is 303 Å². The molecule has 0 radical (unpaired) electrons. The van der Waals surface area contributed by atoms with Gasteiger partial charge < -0.3 is 10.0 Å². The summed E-state index contributed by atoms with van der Waals surface area (Å²) in [5, 5.41) is 20.0. The van der Waals surface area contributed by atoms with Crippen molar-refractivity contribution in [2.24, 2.45) is 7.05 Å². The average molecular weight is 764 g/mol. The zero-order valence-electron chi connectivity index (χ0n) is 30.9. The van der Waals surface area contributed by atoms with Gasteiger partial charge in [0, 0.05) is 18.8 Å². The number of nitrogens with zero attached hydrogens (tertiary/aromatic N) is 5. The molecule has 0 saturated heterocycles. The number of benzene rings is 2. The molecule has 0 bridgehead atoms. The van der Waals surface area contributed by atoms with Gasteiger partial charge in [0.25, 0.3) is 0 Å². The number of aromatic nitrogens is 4. The fourth-order valence-corrected chi connectivity index (χ4v) is 4.97. The minimum Gasteiger partial charge on any atom is -0.478 e. The highest BCUT2D eigenvalue weighted by atomic mass is 19.4. The Bertz CT molecular complexity index is 1670. The number of aryl methyl sites for hydroxylation is 3. The van der Waals surface area contributed by atoms with E-state index in [1.165, 1.54) is 43.3 Å². The standard InChI is InChI=1S/C21H22F3NO2.C10H10F6.C3H6N4.C3H8/c1-13-4-3-9-25(12-15-5-7-16(8-6-15)20(26)27)19-11-18(21(22,23)24)14(2)10-17(13)19;1-3-5-8(10(14,15)16)6-7(4-2)9(11,12)13;1-3-4-6-7(2)5-3;1-3-2/h5-8,10-11,13H,3-4,9,12H2,1-2H3,(H,26,27);3-6H,1-2H3;1-2H3;3H2,1-2H3/b;5-3+,7-4+,8-6+;;. The van der Waals surface area contributed by atoms with E-state index in [0.29, 0.717) is 36.8 Å². The molecule has 16 heteroatoms. The molecule has 7 nitrogen and oxygen atoms in total. The van der Waals surface area contributed by atoms with Crippen LogP contribution >= 0.6 is 0 Å². The van der Waals surface area contributed by atoms with Crippen LogP contribution in [-0.2, 0) is 19.8 Å². The van der Waals surface area contributed by atoms with Crippen LogP contribution in [-0.4, -0.2) is 50.2 Å². The van der Waals surface area contributed by atoms with Gasteiger partial charge in [-0.15, -0.1) is 10.2 Å². The average Bonchev–Trinajstić information content (AvgIpc) is 3.36. The quantitative estimate of drug-likeness (QED) is 0.206. The van der Waals surface area contributed by atoms with E-state index in [4.69, 9.17) is 5.11 Å². The summed E-state index contributed by atoms with van der Waals surface area (Å²) < 4.78 is 114. The minimum absolute atomic E-state index is 0.0833. The molecule has 4 rings (SSSR count). The number of hydrogen-bond acceptors (Lipinski definition) is 5. The van der Waals surface area contributed by atoms with Crippen molar-refractivity contribution in [3.63, 3.8) is 0 Å². The van der Waals surface area contributed by atoms with Crippen LogP contribution in [0.1, 0.15) is 98.2 Å². The Hall–Kier alpha value is -4.63. The van der Waals surface area contributed by atoms with Crippen LogP contribution in [0.5, 0.6) is 0 Å². The molecule has 0 aliphatic carbocycles. The number of anilines is 1. The van der Waals surface area contributed by atoms with Crippen molar-refractivity contribution in [1.29, 1.82) is 0 Å². The first-order chi connectivity index (χ1) is 24.5. The Morgan fingerprint density at radius 3 is 1.91 bits per heavy atom. The van der Waals surface area contributed by atoms with E-state index in [2.05, 4.69) is 36.2 Å². The second-order valence-corrected chi connectivity index (χ2v) is 12.1. The predicted molar refractivity (Wildman–Crippen MR) is 187 cm³/mol. The van der Waals surface area contributed by atoms with Gasteiger partial charge in [0.15, 0.2) is 5.82 Å². The van der Waals surface area contributed by atoms with Gasteiger partial charge in [-0.25, -0.2) is 4.79 Å². The summed E-state index contributed by atoms with van der Waals surface area (Å²) in [6, 6.07) is 9.43. The number of carboxylic acids is 1. The smallest absolute Gasteiger partial charge is 0.416 e. The van der Waals surface area contributed by atoms with Crippen LogP contribution in [0, 0.1) is 13.8 Å². The zero-order chi connectivity index (χ0) is 40.7. The summed E-state index contributed by atoms with van der Waals surface area (Å²) >= 11 is 0. The maximum atomic E-state index is 13.4. The Morgan fingerprint density at radius 2 is 1.51 bits per heavy atom. The van der Waals surface area contributed by atoms with E-state index < -0.39 is 41.2 Å². The molecule has 3 aromatic rings. The van der Waals surface area contributed by atoms with Gasteiger partial charge in [0.1, 0.15) is 0 Å². The molecule has 0 amide bonds. The molecule has 1 aromatic heterocycles. The van der Waals surface area contributed by atoms with E-state index in [9.17, 15) is 44.3 Å². The van der Waals surface area contributed by atoms with Crippen molar-refractivity contribution < 1.29 is 49.4 Å². The van der Waals surface area contributed by atoms with Gasteiger partial charge in [-0.3, -0.25) is 0 Å². The molecule has 0 spiro atoms. The highest BCUT2D eigenvalue weighted by Gasteiger charge is 2.37. The first-order valence-corrected chi connectivity index (χ1v) is 16.6. The summed E-state index contributed by atoms with van der Waals surface area (Å²) in [6.07, 6.45) is -8.61. The Balaban J connectivity index is 0.000000454. The number of allylic oxidation sites excluding steroid dienone is 6. The van der Waals surface area contributed by atoms with E-state index in [0.717, 1.165) is 37.0 Å². The lowest BCUT2D eigenvalue weighted by Gasteiger charge is -2.27. The second-order valence-electron chi connectivity index (χ2n) is 12.1. The number of tetrazole rings is 1. The van der Waals surface area contributed by atoms with Crippen LogP contribution in [0.15, 0.2) is 71.8 Å². The van der Waals surface area contributed by atoms with Crippen molar-refractivity contribution in [3.05, 3.63) is 105 Å². The van der Waals surface area contributed by atoms with E-state index in [-0.39, 0.29) is 23.1 Å². The number of hydrogen-bond donors (Lipinski definition) is 1. The number of alkyl halides is 9. The fraction of sp³-hybridized carbons (Fsp3) is 0.459. The van der Waals surface area contributed by atoms with Gasteiger partial charge >= 0.3 is 24.5 Å². The van der Waals surface area contributed by atoms with E-state index >= 15 is 0 Å². The van der Waals surface area contributed by atoms with Crippen molar-refractivity contribution in [1.82, 2.24) is 20.2 Å². The largest absolute Gasteiger partial charge is 0.478 e. The van der Waals surface area contributed by atoms with Crippen LogP contribution in [0.3, 0.4) is 0 Å². The van der Waals surface area contributed by atoms with Gasteiger partial charge in [0.05, 0.1) is 29.3 Å². The molecule has 1 aliphatic heterocycles. The van der Waals surface area contributed by atoms with Crippen molar-refractivity contribution in [2.45, 2.75) is 98.7 Å². The molecule has 1 unspecified atom stereocenters. The van der Waals surface area contributed by atoms with Crippen LogP contribution in [0.4, 0.5) is 45.2 Å². The van der Waals surface area contributed by atoms with Crippen molar-refractivity contribution in [2.75, 3.05) is 11.4 Å². The predicted octanol–water partition coefficient (Wildman–Crippen LogP) is 11.1. The van der Waals surface area contributed by atoms with Crippen LogP contribution in [0.25, 0.3) is 0 Å². The number of aromatic carboxylic acids is 1. The molecule has 1 atom stereocenters. The minimum atomic E-state index is -4.80. The normalized spacial score (nSPS) is 15.3. The third kappa shape index (κ3) is 15.5. The molecule has 1 aliphatic rings. The van der Waals surface area contributed by atoms with E-state index in [1.807, 2.05) is 4.90 Å². The molecule has 1 N–H and O–H groups in total. The van der Waals surface area contributed by atoms with Gasteiger partial charge in [-0.05, 0) is 92.6 Å². The fourth-order valence-electron chi connectivity index (χ4n) is 4.97. The SMILES string of the molecule is C/C=C/C(=C\C(=C/C)C(F)(F)F)C(F)(F)F.CCC.Cc1cc2c(cc1C(F)(F)F)N(Cc1ccc(C(=O)O)cc1)CCCC2C.Cc1nnn(C)n1. The highest BCUT2D eigenvalue weighted by Crippen LogP contribution is 2.41. The van der Waals surface area contributed by atoms with Crippen molar-refractivity contribution >= 4 is 11.7 Å². The summed E-state index contributed by atoms with van der Waals surface area (Å²) in [4.78, 5) is 14.4.